The van der Waals surface area contributed by atoms with Crippen molar-refractivity contribution in [1.29, 1.82) is 0 Å². The summed E-state index contributed by atoms with van der Waals surface area (Å²) in [6.45, 7) is 4.64. The third-order valence-electron chi connectivity index (χ3n) is 5.54. The number of hydrogen-bond acceptors (Lipinski definition) is 2. The third-order valence-corrected chi connectivity index (χ3v) is 5.54. The van der Waals surface area contributed by atoms with Crippen molar-refractivity contribution in [3.8, 4) is 0 Å². The maximum Gasteiger partial charge on any atom is 0.332 e. The van der Waals surface area contributed by atoms with Gasteiger partial charge in [-0.1, -0.05) is 129 Å². The van der Waals surface area contributed by atoms with E-state index in [1.165, 1.54) is 103 Å². The quantitative estimate of drug-likeness (QED) is 0.201. The van der Waals surface area contributed by atoms with Gasteiger partial charge < -0.3 is 10.2 Å². The van der Waals surface area contributed by atoms with Gasteiger partial charge in [0.25, 0.3) is 0 Å². The van der Waals surface area contributed by atoms with Crippen LogP contribution in [0.25, 0.3) is 0 Å². The van der Waals surface area contributed by atoms with E-state index < -0.39 is 12.1 Å². The number of carboxylic acid groups (broad SMARTS) is 1. The molecule has 0 aliphatic heterocycles. The van der Waals surface area contributed by atoms with Gasteiger partial charge in [0.05, 0.1) is 0 Å². The van der Waals surface area contributed by atoms with E-state index in [1.807, 2.05) is 0 Å². The molecule has 0 rings (SSSR count). The highest BCUT2D eigenvalue weighted by Crippen LogP contribution is 2.15. The molecule has 0 amide bonds. The number of unbranched alkanes of at least 4 members (excludes halogenated alkanes) is 16. The Morgan fingerprint density at radius 1 is 0.556 bits per heavy atom. The van der Waals surface area contributed by atoms with Gasteiger partial charge in [-0.15, -0.1) is 0 Å². The second-order valence-corrected chi connectivity index (χ2v) is 8.84. The van der Waals surface area contributed by atoms with E-state index >= 15 is 0 Å². The average Bonchev–Trinajstić information content (AvgIpc) is 2.63. The summed E-state index contributed by atoms with van der Waals surface area (Å²) >= 11 is 0. The Kier molecular flexibility index (Phi) is 19.7. The number of aliphatic hydroxyl groups is 1. The number of rotatable bonds is 21. The van der Waals surface area contributed by atoms with Gasteiger partial charge in [-0.3, -0.25) is 0 Å². The van der Waals surface area contributed by atoms with Crippen molar-refractivity contribution in [2.45, 2.75) is 142 Å². The summed E-state index contributed by atoms with van der Waals surface area (Å²) in [7, 11) is 0. The molecule has 0 bridgehead atoms. The van der Waals surface area contributed by atoms with Crippen LogP contribution in [0.5, 0.6) is 0 Å². The minimum Gasteiger partial charge on any atom is -0.479 e. The molecule has 27 heavy (non-hydrogen) atoms. The Bertz CT molecular complexity index is 315. The van der Waals surface area contributed by atoms with E-state index in [0.29, 0.717) is 6.42 Å². The molecule has 3 nitrogen and oxygen atoms in total. The van der Waals surface area contributed by atoms with Crippen molar-refractivity contribution in [3.63, 3.8) is 0 Å². The van der Waals surface area contributed by atoms with Crippen LogP contribution >= 0.6 is 0 Å². The third kappa shape index (κ3) is 21.6. The van der Waals surface area contributed by atoms with Crippen LogP contribution < -0.4 is 0 Å². The molecule has 0 aromatic heterocycles. The molecule has 0 aliphatic carbocycles. The van der Waals surface area contributed by atoms with E-state index in [9.17, 15) is 9.90 Å². The zero-order valence-corrected chi connectivity index (χ0v) is 18.4. The summed E-state index contributed by atoms with van der Waals surface area (Å²) in [5, 5.41) is 17.8. The first-order valence-electron chi connectivity index (χ1n) is 11.9. The number of hydrogen-bond donors (Lipinski definition) is 2. The molecule has 0 aromatic carbocycles. The molecule has 0 heterocycles. The molecule has 1 atom stereocenters. The highest BCUT2D eigenvalue weighted by Gasteiger charge is 2.11. The molecule has 162 valence electrons. The smallest absolute Gasteiger partial charge is 0.332 e. The molecular weight excluding hydrogens is 336 g/mol. The van der Waals surface area contributed by atoms with Gasteiger partial charge in [0.1, 0.15) is 0 Å². The Labute approximate surface area is 169 Å². The minimum atomic E-state index is -1.17. The van der Waals surface area contributed by atoms with E-state index in [1.54, 1.807) is 0 Å². The predicted octanol–water partition coefficient (Wildman–Crippen LogP) is 7.50. The van der Waals surface area contributed by atoms with Gasteiger partial charge in [-0.25, -0.2) is 4.79 Å². The molecule has 2 N–H and O–H groups in total. The van der Waals surface area contributed by atoms with Crippen LogP contribution in [-0.4, -0.2) is 22.3 Å². The van der Waals surface area contributed by atoms with Crippen LogP contribution in [0.15, 0.2) is 0 Å². The number of carboxylic acids is 1. The van der Waals surface area contributed by atoms with E-state index in [4.69, 9.17) is 5.11 Å². The van der Waals surface area contributed by atoms with Gasteiger partial charge in [0.2, 0.25) is 0 Å². The maximum absolute atomic E-state index is 10.5. The highest BCUT2D eigenvalue weighted by atomic mass is 16.4. The topological polar surface area (TPSA) is 57.5 Å². The summed E-state index contributed by atoms with van der Waals surface area (Å²) in [5.74, 6) is -0.220. The van der Waals surface area contributed by atoms with E-state index in [0.717, 1.165) is 18.8 Å². The molecule has 0 spiro atoms. The zero-order chi connectivity index (χ0) is 20.2. The second kappa shape index (κ2) is 20.2. The second-order valence-electron chi connectivity index (χ2n) is 8.84. The fourth-order valence-electron chi connectivity index (χ4n) is 3.67. The monoisotopic (exact) mass is 384 g/mol. The molecule has 0 saturated carbocycles. The Morgan fingerprint density at radius 2 is 0.815 bits per heavy atom. The first-order chi connectivity index (χ1) is 13.0. The van der Waals surface area contributed by atoms with Crippen molar-refractivity contribution in [3.05, 3.63) is 0 Å². The number of aliphatic carboxylic acids is 1. The van der Waals surface area contributed by atoms with Gasteiger partial charge in [0, 0.05) is 0 Å². The molecule has 0 saturated heterocycles. The van der Waals surface area contributed by atoms with Gasteiger partial charge in [-0.2, -0.15) is 0 Å². The predicted molar refractivity (Wildman–Crippen MR) is 116 cm³/mol. The van der Waals surface area contributed by atoms with E-state index in [2.05, 4.69) is 13.8 Å². The fourth-order valence-corrected chi connectivity index (χ4v) is 3.67. The van der Waals surface area contributed by atoms with Gasteiger partial charge >= 0.3 is 5.97 Å². The lowest BCUT2D eigenvalue weighted by Gasteiger charge is -2.05. The summed E-state index contributed by atoms with van der Waals surface area (Å²) in [6.07, 6.45) is 23.2. The largest absolute Gasteiger partial charge is 0.479 e. The SMILES string of the molecule is CC(C)CCCCCCCCCCCCCCCCCCCC(O)C(=O)O. The van der Waals surface area contributed by atoms with Crippen LogP contribution in [-0.2, 0) is 4.79 Å². The maximum atomic E-state index is 10.5. The van der Waals surface area contributed by atoms with Crippen molar-refractivity contribution >= 4 is 5.97 Å². The summed E-state index contributed by atoms with van der Waals surface area (Å²) in [5.41, 5.74) is 0. The Hall–Kier alpha value is -0.570. The summed E-state index contributed by atoms with van der Waals surface area (Å²) in [4.78, 5) is 10.5. The van der Waals surface area contributed by atoms with Crippen LogP contribution in [0.4, 0.5) is 0 Å². The minimum absolute atomic E-state index is 0.396. The number of carbonyl (C=O) groups is 1. The molecular formula is C24H48O3. The van der Waals surface area contributed by atoms with Crippen molar-refractivity contribution in [2.75, 3.05) is 0 Å². The molecule has 3 heteroatoms. The van der Waals surface area contributed by atoms with Crippen LogP contribution in [0.3, 0.4) is 0 Å². The van der Waals surface area contributed by atoms with E-state index in [-0.39, 0.29) is 0 Å². The molecule has 0 fully saturated rings. The van der Waals surface area contributed by atoms with Crippen LogP contribution in [0, 0.1) is 5.92 Å². The Morgan fingerprint density at radius 3 is 1.07 bits per heavy atom. The normalized spacial score (nSPS) is 12.6. The van der Waals surface area contributed by atoms with Crippen LogP contribution in [0.2, 0.25) is 0 Å². The van der Waals surface area contributed by atoms with Gasteiger partial charge in [-0.05, 0) is 12.3 Å². The Balaban J connectivity index is 3.06. The molecule has 0 aromatic rings. The van der Waals surface area contributed by atoms with Crippen molar-refractivity contribution < 1.29 is 15.0 Å². The van der Waals surface area contributed by atoms with Gasteiger partial charge in [0.15, 0.2) is 6.10 Å². The number of aliphatic hydroxyl groups excluding tert-OH is 1. The lowest BCUT2D eigenvalue weighted by molar-refractivity contribution is -0.146. The van der Waals surface area contributed by atoms with Crippen molar-refractivity contribution in [1.82, 2.24) is 0 Å². The lowest BCUT2D eigenvalue weighted by Crippen LogP contribution is -2.18. The van der Waals surface area contributed by atoms with Crippen LogP contribution in [0.1, 0.15) is 136 Å². The average molecular weight is 385 g/mol. The zero-order valence-electron chi connectivity index (χ0n) is 18.4. The molecule has 0 radical (unpaired) electrons. The molecule has 0 aliphatic rings. The summed E-state index contributed by atoms with van der Waals surface area (Å²) < 4.78 is 0. The first kappa shape index (κ1) is 26.4. The fraction of sp³-hybridized carbons (Fsp3) is 0.958. The summed E-state index contributed by atoms with van der Waals surface area (Å²) in [6, 6.07) is 0. The lowest BCUT2D eigenvalue weighted by atomic mass is 10.0. The first-order valence-corrected chi connectivity index (χ1v) is 11.9. The van der Waals surface area contributed by atoms with Crippen molar-refractivity contribution in [2.24, 2.45) is 5.92 Å². The molecule has 1 unspecified atom stereocenters. The standard InChI is InChI=1S/C24H48O3/c1-22(2)20-18-16-14-12-10-8-6-4-3-5-7-9-11-13-15-17-19-21-23(25)24(26)27/h22-23,25H,3-21H2,1-2H3,(H,26,27). The highest BCUT2D eigenvalue weighted by molar-refractivity contribution is 5.71.